The first-order valence-corrected chi connectivity index (χ1v) is 9.59. The summed E-state index contributed by atoms with van der Waals surface area (Å²) in [5.41, 5.74) is -0.454. The lowest BCUT2D eigenvalue weighted by Gasteiger charge is -2.32. The first-order chi connectivity index (χ1) is 11.9. The van der Waals surface area contributed by atoms with Gasteiger partial charge in [0.05, 0.1) is 6.54 Å². The van der Waals surface area contributed by atoms with E-state index >= 15 is 0 Å². The molecule has 25 heavy (non-hydrogen) atoms. The molecule has 2 N–H and O–H groups in total. The maximum atomic E-state index is 11.9. The van der Waals surface area contributed by atoms with Crippen LogP contribution < -0.4 is 10.6 Å². The van der Waals surface area contributed by atoms with Gasteiger partial charge in [-0.3, -0.25) is 0 Å². The Morgan fingerprint density at radius 1 is 1.36 bits per heavy atom. The molecule has 0 radical (unpaired) electrons. The molecule has 2 rings (SSSR count). The quantitative estimate of drug-likeness (QED) is 0.790. The predicted molar refractivity (Wildman–Crippen MR) is 99.3 cm³/mol. The van der Waals surface area contributed by atoms with Gasteiger partial charge in [-0.25, -0.2) is 9.78 Å². The number of hydrogen-bond acceptors (Lipinski definition) is 4. The van der Waals surface area contributed by atoms with E-state index in [1.165, 1.54) is 12.8 Å². The fraction of sp³-hybridized carbons (Fsp3) is 0.789. The van der Waals surface area contributed by atoms with Gasteiger partial charge in [-0.15, -0.1) is 0 Å². The number of alkyl carbamates (subject to hydrolysis) is 1. The number of imidazole rings is 1. The highest BCUT2D eigenvalue weighted by Gasteiger charge is 2.26. The maximum Gasteiger partial charge on any atom is 0.407 e. The van der Waals surface area contributed by atoms with Crippen molar-refractivity contribution in [2.24, 2.45) is 5.92 Å². The van der Waals surface area contributed by atoms with Crippen LogP contribution in [-0.4, -0.2) is 33.8 Å². The predicted octanol–water partition coefficient (Wildman–Crippen LogP) is 3.47. The number of ether oxygens (including phenoxy) is 1. The molecule has 0 bridgehead atoms. The molecule has 1 saturated carbocycles. The van der Waals surface area contributed by atoms with Crippen molar-refractivity contribution in [2.75, 3.05) is 6.54 Å². The zero-order valence-corrected chi connectivity index (χ0v) is 16.2. The van der Waals surface area contributed by atoms with Crippen LogP contribution in [0, 0.1) is 5.92 Å². The lowest BCUT2D eigenvalue weighted by molar-refractivity contribution is 0.0510. The smallest absolute Gasteiger partial charge is 0.407 e. The highest BCUT2D eigenvalue weighted by atomic mass is 16.6. The summed E-state index contributed by atoms with van der Waals surface area (Å²) in [4.78, 5) is 16.4. The Morgan fingerprint density at radius 2 is 2.12 bits per heavy atom. The van der Waals surface area contributed by atoms with Crippen LogP contribution in [0.3, 0.4) is 0 Å². The third kappa shape index (κ3) is 6.69. The standard InChI is InChI=1S/C19H34N4O2/c1-5-11-23-12-10-20-17(23)14-21-16-9-7-6-8-15(16)13-22-18(24)25-19(2,3)4/h10,12,15-16,21H,5-9,11,13-14H2,1-4H3,(H,22,24). The van der Waals surface area contributed by atoms with E-state index in [0.29, 0.717) is 18.5 Å². The summed E-state index contributed by atoms with van der Waals surface area (Å²) in [6, 6.07) is 0.412. The molecule has 1 amide bonds. The Morgan fingerprint density at radius 3 is 2.84 bits per heavy atom. The van der Waals surface area contributed by atoms with Gasteiger partial charge in [-0.05, 0) is 46.0 Å². The van der Waals surface area contributed by atoms with Gasteiger partial charge in [0.25, 0.3) is 0 Å². The second-order valence-corrected chi connectivity index (χ2v) is 7.95. The topological polar surface area (TPSA) is 68.2 Å². The molecule has 142 valence electrons. The molecule has 0 aromatic carbocycles. The lowest BCUT2D eigenvalue weighted by atomic mass is 9.84. The van der Waals surface area contributed by atoms with E-state index in [4.69, 9.17) is 4.74 Å². The molecule has 1 aromatic rings. The number of aryl methyl sites for hydroxylation is 1. The summed E-state index contributed by atoms with van der Waals surface area (Å²) >= 11 is 0. The summed E-state index contributed by atoms with van der Waals surface area (Å²) in [6.45, 7) is 10.3. The van der Waals surface area contributed by atoms with Gasteiger partial charge < -0.3 is 19.9 Å². The molecule has 6 heteroatoms. The summed E-state index contributed by atoms with van der Waals surface area (Å²) in [6.07, 6.45) is 9.45. The Hall–Kier alpha value is -1.56. The van der Waals surface area contributed by atoms with E-state index in [2.05, 4.69) is 27.1 Å². The number of carbonyl (C=O) groups is 1. The van der Waals surface area contributed by atoms with E-state index in [1.54, 1.807) is 0 Å². The van der Waals surface area contributed by atoms with E-state index in [0.717, 1.165) is 38.2 Å². The molecule has 1 aliphatic carbocycles. The summed E-state index contributed by atoms with van der Waals surface area (Å²) in [7, 11) is 0. The van der Waals surface area contributed by atoms with Crippen molar-refractivity contribution in [2.45, 2.75) is 84.5 Å². The van der Waals surface area contributed by atoms with Crippen LogP contribution in [0.1, 0.15) is 65.6 Å². The molecule has 1 aliphatic rings. The normalized spacial score (nSPS) is 21.1. The largest absolute Gasteiger partial charge is 0.444 e. The monoisotopic (exact) mass is 350 g/mol. The SMILES string of the molecule is CCCn1ccnc1CNC1CCCCC1CNC(=O)OC(C)(C)C. The second kappa shape index (κ2) is 9.22. The highest BCUT2D eigenvalue weighted by molar-refractivity contribution is 5.67. The fourth-order valence-electron chi connectivity index (χ4n) is 3.42. The van der Waals surface area contributed by atoms with Gasteiger partial charge in [0.15, 0.2) is 0 Å². The third-order valence-corrected chi connectivity index (χ3v) is 4.61. The van der Waals surface area contributed by atoms with Crippen molar-refractivity contribution in [1.82, 2.24) is 20.2 Å². The minimum atomic E-state index is -0.454. The summed E-state index contributed by atoms with van der Waals surface area (Å²) in [5, 5.41) is 6.61. The molecular formula is C19H34N4O2. The second-order valence-electron chi connectivity index (χ2n) is 7.95. The average Bonchev–Trinajstić information content (AvgIpc) is 2.98. The van der Waals surface area contributed by atoms with Gasteiger partial charge in [0.1, 0.15) is 11.4 Å². The Balaban J connectivity index is 1.83. The number of hydrogen-bond donors (Lipinski definition) is 2. The maximum absolute atomic E-state index is 11.9. The van der Waals surface area contributed by atoms with E-state index in [9.17, 15) is 4.79 Å². The van der Waals surface area contributed by atoms with Crippen LogP contribution in [0.15, 0.2) is 12.4 Å². The van der Waals surface area contributed by atoms with Gasteiger partial charge in [0, 0.05) is 31.5 Å². The van der Waals surface area contributed by atoms with Crippen molar-refractivity contribution >= 4 is 6.09 Å². The Labute approximate surface area is 151 Å². The third-order valence-electron chi connectivity index (χ3n) is 4.61. The summed E-state index contributed by atoms with van der Waals surface area (Å²) in [5.74, 6) is 1.53. The van der Waals surface area contributed by atoms with Crippen molar-refractivity contribution in [3.63, 3.8) is 0 Å². The number of aromatic nitrogens is 2. The van der Waals surface area contributed by atoms with Gasteiger partial charge in [0.2, 0.25) is 0 Å². The van der Waals surface area contributed by atoms with Crippen LogP contribution in [0.2, 0.25) is 0 Å². The number of carbonyl (C=O) groups excluding carboxylic acids is 1. The summed E-state index contributed by atoms with van der Waals surface area (Å²) < 4.78 is 7.55. The van der Waals surface area contributed by atoms with Crippen molar-refractivity contribution in [3.8, 4) is 0 Å². The Kier molecular flexibility index (Phi) is 7.29. The molecule has 1 heterocycles. The molecule has 6 nitrogen and oxygen atoms in total. The number of amides is 1. The van der Waals surface area contributed by atoms with Crippen LogP contribution in [-0.2, 0) is 17.8 Å². The van der Waals surface area contributed by atoms with Crippen LogP contribution in [0.5, 0.6) is 0 Å². The van der Waals surface area contributed by atoms with Crippen molar-refractivity contribution < 1.29 is 9.53 Å². The zero-order chi connectivity index (χ0) is 18.3. The van der Waals surface area contributed by atoms with Crippen LogP contribution in [0.25, 0.3) is 0 Å². The number of nitrogens with one attached hydrogen (secondary N) is 2. The molecule has 1 aromatic heterocycles. The Bertz CT molecular complexity index is 536. The van der Waals surface area contributed by atoms with Crippen LogP contribution >= 0.6 is 0 Å². The first kappa shape index (κ1) is 19.8. The average molecular weight is 351 g/mol. The zero-order valence-electron chi connectivity index (χ0n) is 16.2. The molecule has 2 unspecified atom stereocenters. The first-order valence-electron chi connectivity index (χ1n) is 9.59. The molecule has 1 fully saturated rings. The van der Waals surface area contributed by atoms with Crippen molar-refractivity contribution in [3.05, 3.63) is 18.2 Å². The van der Waals surface area contributed by atoms with Gasteiger partial charge in [-0.1, -0.05) is 19.8 Å². The highest BCUT2D eigenvalue weighted by Crippen LogP contribution is 2.24. The number of rotatable bonds is 7. The van der Waals surface area contributed by atoms with Crippen molar-refractivity contribution in [1.29, 1.82) is 0 Å². The lowest BCUT2D eigenvalue weighted by Crippen LogP contribution is -2.45. The van der Waals surface area contributed by atoms with E-state index < -0.39 is 5.60 Å². The van der Waals surface area contributed by atoms with E-state index in [1.807, 2.05) is 33.2 Å². The minimum absolute atomic E-state index is 0.324. The fourth-order valence-corrected chi connectivity index (χ4v) is 3.42. The molecular weight excluding hydrogens is 316 g/mol. The van der Waals surface area contributed by atoms with Crippen LogP contribution in [0.4, 0.5) is 4.79 Å². The van der Waals surface area contributed by atoms with E-state index in [-0.39, 0.29) is 6.09 Å². The molecule has 2 atom stereocenters. The molecule has 0 saturated heterocycles. The van der Waals surface area contributed by atoms with Gasteiger partial charge in [-0.2, -0.15) is 0 Å². The van der Waals surface area contributed by atoms with Gasteiger partial charge >= 0.3 is 6.09 Å². The number of nitrogens with zero attached hydrogens (tertiary/aromatic N) is 2. The molecule has 0 spiro atoms. The molecule has 0 aliphatic heterocycles. The minimum Gasteiger partial charge on any atom is -0.444 e.